The van der Waals surface area contributed by atoms with Gasteiger partial charge in [0.05, 0.1) is 5.56 Å². The van der Waals surface area contributed by atoms with Gasteiger partial charge < -0.3 is 10.4 Å². The van der Waals surface area contributed by atoms with Gasteiger partial charge >= 0.3 is 5.97 Å². The van der Waals surface area contributed by atoms with Gasteiger partial charge in [-0.25, -0.2) is 4.79 Å². The summed E-state index contributed by atoms with van der Waals surface area (Å²) in [6.07, 6.45) is 1.04. The summed E-state index contributed by atoms with van der Waals surface area (Å²) in [5.74, 6) is -0.521. The minimum Gasteiger partial charge on any atom is -0.478 e. The van der Waals surface area contributed by atoms with Crippen molar-refractivity contribution in [1.29, 1.82) is 0 Å². The van der Waals surface area contributed by atoms with E-state index in [1.54, 1.807) is 12.1 Å². The molecule has 0 heterocycles. The monoisotopic (exact) mass is 287 g/mol. The van der Waals surface area contributed by atoms with E-state index in [1.807, 2.05) is 12.1 Å². The molecule has 3 nitrogen and oxygen atoms in total. The highest BCUT2D eigenvalue weighted by Gasteiger charge is 2.25. The molecule has 0 fully saturated rings. The normalized spacial score (nSPS) is 16.1. The van der Waals surface area contributed by atoms with Crippen LogP contribution in [0.25, 0.3) is 0 Å². The second-order valence-electron chi connectivity index (χ2n) is 4.98. The number of aromatic carboxylic acids is 1. The summed E-state index contributed by atoms with van der Waals surface area (Å²) >= 11 is 5.84. The number of hydrogen-bond donors (Lipinski definition) is 2. The molecule has 1 unspecified atom stereocenters. The smallest absolute Gasteiger partial charge is 0.337 e. The van der Waals surface area contributed by atoms with Gasteiger partial charge in [-0.15, -0.1) is 0 Å². The molecule has 4 heteroatoms. The molecule has 0 spiro atoms. The lowest BCUT2D eigenvalue weighted by Crippen LogP contribution is -2.24. The van der Waals surface area contributed by atoms with Crippen LogP contribution in [-0.2, 0) is 6.42 Å². The number of benzene rings is 2. The average Bonchev–Trinajstić information content (AvgIpc) is 2.41. The van der Waals surface area contributed by atoms with Crippen molar-refractivity contribution < 1.29 is 9.90 Å². The first-order chi connectivity index (χ1) is 9.65. The van der Waals surface area contributed by atoms with Gasteiger partial charge in [0.15, 0.2) is 0 Å². The summed E-state index contributed by atoms with van der Waals surface area (Å²) in [5, 5.41) is 12.8. The Morgan fingerprint density at radius 2 is 2.10 bits per heavy atom. The Labute approximate surface area is 122 Å². The van der Waals surface area contributed by atoms with Crippen LogP contribution in [0.15, 0.2) is 42.5 Å². The third-order valence-electron chi connectivity index (χ3n) is 3.71. The highest BCUT2D eigenvalue weighted by atomic mass is 35.5. The highest BCUT2D eigenvalue weighted by Crippen LogP contribution is 2.35. The summed E-state index contributed by atoms with van der Waals surface area (Å²) < 4.78 is 0. The Hall–Kier alpha value is -2.00. The molecule has 0 aromatic heterocycles. The van der Waals surface area contributed by atoms with Crippen molar-refractivity contribution in [2.24, 2.45) is 0 Å². The fourth-order valence-electron chi connectivity index (χ4n) is 2.63. The number of fused-ring (bicyclic) bond motifs is 1. The van der Waals surface area contributed by atoms with E-state index < -0.39 is 5.97 Å². The standard InChI is InChI=1S/C16H14ClNO2/c17-12-5-6-15(14(8-12)16(19)20)18-9-11-7-10-3-1-2-4-13(10)11/h1-6,8,11,18H,7,9H2,(H,19,20). The number of rotatable bonds is 4. The Balaban J connectivity index is 1.73. The average molecular weight is 288 g/mol. The zero-order chi connectivity index (χ0) is 14.1. The summed E-state index contributed by atoms with van der Waals surface area (Å²) in [7, 11) is 0. The molecule has 2 aromatic rings. The molecule has 0 aliphatic heterocycles. The van der Waals surface area contributed by atoms with Crippen LogP contribution in [0.1, 0.15) is 27.4 Å². The van der Waals surface area contributed by atoms with Gasteiger partial charge in [-0.05, 0) is 35.7 Å². The molecule has 1 aliphatic carbocycles. The Morgan fingerprint density at radius 1 is 1.30 bits per heavy atom. The van der Waals surface area contributed by atoms with E-state index in [4.69, 9.17) is 11.6 Å². The quantitative estimate of drug-likeness (QED) is 0.899. The maximum Gasteiger partial charge on any atom is 0.337 e. The van der Waals surface area contributed by atoms with E-state index in [1.165, 1.54) is 17.2 Å². The van der Waals surface area contributed by atoms with Gasteiger partial charge in [0.25, 0.3) is 0 Å². The first-order valence-corrected chi connectivity index (χ1v) is 6.87. The molecule has 3 rings (SSSR count). The predicted octanol–water partition coefficient (Wildman–Crippen LogP) is 3.79. The predicted molar refractivity (Wildman–Crippen MR) is 79.8 cm³/mol. The van der Waals surface area contributed by atoms with E-state index in [0.717, 1.165) is 13.0 Å². The largest absolute Gasteiger partial charge is 0.478 e. The van der Waals surface area contributed by atoms with Gasteiger partial charge in [-0.3, -0.25) is 0 Å². The molecule has 1 atom stereocenters. The minimum atomic E-state index is -0.969. The lowest BCUT2D eigenvalue weighted by molar-refractivity contribution is 0.0698. The molecule has 2 aromatic carbocycles. The highest BCUT2D eigenvalue weighted by molar-refractivity contribution is 6.31. The SMILES string of the molecule is O=C(O)c1cc(Cl)ccc1NCC1Cc2ccccc21. The van der Waals surface area contributed by atoms with Gasteiger partial charge in [-0.1, -0.05) is 35.9 Å². The third kappa shape index (κ3) is 2.37. The molecule has 0 saturated carbocycles. The number of carboxylic acid groups (broad SMARTS) is 1. The molecule has 0 radical (unpaired) electrons. The van der Waals surface area contributed by atoms with Crippen LogP contribution in [0.2, 0.25) is 5.02 Å². The second-order valence-corrected chi connectivity index (χ2v) is 5.41. The minimum absolute atomic E-state index is 0.213. The van der Waals surface area contributed by atoms with Crippen LogP contribution < -0.4 is 5.32 Å². The molecule has 102 valence electrons. The molecule has 2 N–H and O–H groups in total. The van der Waals surface area contributed by atoms with Crippen molar-refractivity contribution in [3.8, 4) is 0 Å². The van der Waals surface area contributed by atoms with Gasteiger partial charge in [0.2, 0.25) is 0 Å². The second kappa shape index (κ2) is 5.17. The van der Waals surface area contributed by atoms with Crippen molar-refractivity contribution >= 4 is 23.3 Å². The number of carbonyl (C=O) groups is 1. The maximum atomic E-state index is 11.2. The van der Waals surface area contributed by atoms with Crippen LogP contribution in [-0.4, -0.2) is 17.6 Å². The zero-order valence-electron chi connectivity index (χ0n) is 10.8. The van der Waals surface area contributed by atoms with Crippen LogP contribution in [0.4, 0.5) is 5.69 Å². The van der Waals surface area contributed by atoms with E-state index in [2.05, 4.69) is 17.4 Å². The number of nitrogens with one attached hydrogen (secondary N) is 1. The zero-order valence-corrected chi connectivity index (χ0v) is 11.5. The van der Waals surface area contributed by atoms with Gasteiger partial charge in [0, 0.05) is 23.2 Å². The van der Waals surface area contributed by atoms with Crippen LogP contribution >= 0.6 is 11.6 Å². The van der Waals surface area contributed by atoms with Crippen molar-refractivity contribution in [3.05, 3.63) is 64.2 Å². The van der Waals surface area contributed by atoms with E-state index >= 15 is 0 Å². The number of hydrogen-bond acceptors (Lipinski definition) is 2. The van der Waals surface area contributed by atoms with Gasteiger partial charge in [-0.2, -0.15) is 0 Å². The van der Waals surface area contributed by atoms with E-state index in [9.17, 15) is 9.90 Å². The first-order valence-electron chi connectivity index (χ1n) is 6.49. The molecule has 0 saturated heterocycles. The molecular formula is C16H14ClNO2. The fourth-order valence-corrected chi connectivity index (χ4v) is 2.80. The number of halogens is 1. The summed E-state index contributed by atoms with van der Waals surface area (Å²) in [5.41, 5.74) is 3.57. The molecular weight excluding hydrogens is 274 g/mol. The van der Waals surface area contributed by atoms with Crippen LogP contribution in [0.5, 0.6) is 0 Å². The number of anilines is 1. The molecule has 0 bridgehead atoms. The van der Waals surface area contributed by atoms with Crippen molar-refractivity contribution in [2.75, 3.05) is 11.9 Å². The lowest BCUT2D eigenvalue weighted by atomic mass is 9.77. The summed E-state index contributed by atoms with van der Waals surface area (Å²) in [6, 6.07) is 13.2. The van der Waals surface area contributed by atoms with Crippen LogP contribution in [0.3, 0.4) is 0 Å². The summed E-state index contributed by atoms with van der Waals surface area (Å²) in [6.45, 7) is 0.735. The number of carboxylic acids is 1. The third-order valence-corrected chi connectivity index (χ3v) is 3.95. The fraction of sp³-hybridized carbons (Fsp3) is 0.188. The first kappa shape index (κ1) is 13.0. The molecule has 0 amide bonds. The Kier molecular flexibility index (Phi) is 3.36. The molecule has 20 heavy (non-hydrogen) atoms. The van der Waals surface area contributed by atoms with Crippen LogP contribution in [0, 0.1) is 0 Å². The maximum absolute atomic E-state index is 11.2. The van der Waals surface area contributed by atoms with Crippen molar-refractivity contribution in [3.63, 3.8) is 0 Å². The Bertz CT molecular complexity index is 669. The van der Waals surface area contributed by atoms with E-state index in [-0.39, 0.29) is 5.56 Å². The lowest BCUT2D eigenvalue weighted by Gasteiger charge is -2.30. The molecule has 1 aliphatic rings. The van der Waals surface area contributed by atoms with Gasteiger partial charge in [0.1, 0.15) is 0 Å². The van der Waals surface area contributed by atoms with Crippen molar-refractivity contribution in [1.82, 2.24) is 0 Å². The summed E-state index contributed by atoms with van der Waals surface area (Å²) in [4.78, 5) is 11.2. The van der Waals surface area contributed by atoms with E-state index in [0.29, 0.717) is 16.6 Å². The topological polar surface area (TPSA) is 49.3 Å². The van der Waals surface area contributed by atoms with Crippen molar-refractivity contribution in [2.45, 2.75) is 12.3 Å². The Morgan fingerprint density at radius 3 is 2.85 bits per heavy atom.